The Morgan fingerprint density at radius 1 is 1.04 bits per heavy atom. The molecule has 0 saturated heterocycles. The Balaban J connectivity index is 1.64. The molecule has 3 heteroatoms. The third kappa shape index (κ3) is 2.20. The number of allylic oxidation sites excluding steroid dienone is 2. The zero-order valence-corrected chi connectivity index (χ0v) is 15.5. The van der Waals surface area contributed by atoms with Crippen molar-refractivity contribution in [3.63, 3.8) is 0 Å². The van der Waals surface area contributed by atoms with Crippen LogP contribution in [-0.4, -0.2) is 9.94 Å². The van der Waals surface area contributed by atoms with Crippen LogP contribution in [0.2, 0.25) is 0 Å². The Morgan fingerprint density at radius 2 is 1.96 bits per heavy atom. The molecule has 4 aromatic rings. The van der Waals surface area contributed by atoms with Crippen molar-refractivity contribution in [1.29, 1.82) is 0 Å². The third-order valence-corrected chi connectivity index (χ3v) is 6.07. The van der Waals surface area contributed by atoms with E-state index in [9.17, 15) is 0 Å². The fourth-order valence-electron chi connectivity index (χ4n) is 4.56. The summed E-state index contributed by atoms with van der Waals surface area (Å²) in [6, 6.07) is 15.2. The number of para-hydroxylation sites is 1. The van der Waals surface area contributed by atoms with Gasteiger partial charge in [-0.25, -0.2) is 0 Å². The van der Waals surface area contributed by atoms with Crippen molar-refractivity contribution < 1.29 is 4.42 Å². The standard InChI is InChI=1S/C24H18ClNO/c25-15-9-11-23-19(13-15)20-14-16(10-12-24(20)27-23)26-21-7-3-1-5-17(21)18-6-2-4-8-22(18)26/h1-3,5-7,9-12,14-15H,4,8,13H2. The van der Waals surface area contributed by atoms with Gasteiger partial charge in [0.2, 0.25) is 0 Å². The van der Waals surface area contributed by atoms with E-state index in [4.69, 9.17) is 16.0 Å². The Bertz CT molecular complexity index is 1270. The summed E-state index contributed by atoms with van der Waals surface area (Å²) in [5.74, 6) is 0.946. The zero-order chi connectivity index (χ0) is 18.0. The van der Waals surface area contributed by atoms with Crippen LogP contribution in [0, 0.1) is 0 Å². The Kier molecular flexibility index (Phi) is 3.21. The molecule has 1 unspecified atom stereocenters. The first kappa shape index (κ1) is 15.4. The number of fused-ring (bicyclic) bond motifs is 6. The third-order valence-electron chi connectivity index (χ3n) is 5.77. The maximum absolute atomic E-state index is 6.37. The van der Waals surface area contributed by atoms with Crippen LogP contribution in [0.25, 0.3) is 39.7 Å². The van der Waals surface area contributed by atoms with Crippen LogP contribution in [0.3, 0.4) is 0 Å². The van der Waals surface area contributed by atoms with Gasteiger partial charge >= 0.3 is 0 Å². The lowest BCUT2D eigenvalue weighted by atomic mass is 10.00. The van der Waals surface area contributed by atoms with Crippen molar-refractivity contribution in [1.82, 2.24) is 4.57 Å². The van der Waals surface area contributed by atoms with Gasteiger partial charge < -0.3 is 8.98 Å². The lowest BCUT2D eigenvalue weighted by Crippen LogP contribution is -2.05. The average molecular weight is 372 g/mol. The number of benzene rings is 2. The topological polar surface area (TPSA) is 18.1 Å². The van der Waals surface area contributed by atoms with E-state index in [2.05, 4.69) is 59.2 Å². The summed E-state index contributed by atoms with van der Waals surface area (Å²) in [6.07, 6.45) is 11.5. The molecule has 2 aromatic carbocycles. The number of rotatable bonds is 1. The highest BCUT2D eigenvalue weighted by molar-refractivity contribution is 6.22. The molecule has 0 amide bonds. The summed E-state index contributed by atoms with van der Waals surface area (Å²) in [7, 11) is 0. The van der Waals surface area contributed by atoms with E-state index < -0.39 is 0 Å². The van der Waals surface area contributed by atoms with Crippen LogP contribution in [0.1, 0.15) is 29.0 Å². The first-order chi connectivity index (χ1) is 13.3. The van der Waals surface area contributed by atoms with Crippen LogP contribution < -0.4 is 0 Å². The lowest BCUT2D eigenvalue weighted by molar-refractivity contribution is 0.595. The highest BCUT2D eigenvalue weighted by Gasteiger charge is 2.22. The summed E-state index contributed by atoms with van der Waals surface area (Å²) in [4.78, 5) is 0. The quantitative estimate of drug-likeness (QED) is 0.348. The van der Waals surface area contributed by atoms with Gasteiger partial charge in [-0.3, -0.25) is 0 Å². The molecule has 1 atom stereocenters. The van der Waals surface area contributed by atoms with E-state index in [1.807, 2.05) is 12.2 Å². The van der Waals surface area contributed by atoms with Gasteiger partial charge in [-0.15, -0.1) is 11.6 Å². The Labute approximate surface area is 162 Å². The predicted molar refractivity (Wildman–Crippen MR) is 113 cm³/mol. The molecule has 0 radical (unpaired) electrons. The van der Waals surface area contributed by atoms with Crippen molar-refractivity contribution >= 4 is 45.6 Å². The van der Waals surface area contributed by atoms with Gasteiger partial charge in [-0.2, -0.15) is 0 Å². The molecule has 2 aliphatic carbocycles. The van der Waals surface area contributed by atoms with Crippen LogP contribution in [0.5, 0.6) is 0 Å². The second-order valence-corrected chi connectivity index (χ2v) is 7.92. The van der Waals surface area contributed by atoms with Gasteiger partial charge in [0.15, 0.2) is 0 Å². The first-order valence-electron chi connectivity index (χ1n) is 9.46. The minimum absolute atomic E-state index is 0.0345. The maximum atomic E-state index is 6.37. The molecule has 0 N–H and O–H groups in total. The smallest absolute Gasteiger partial charge is 0.135 e. The van der Waals surface area contributed by atoms with Crippen LogP contribution >= 0.6 is 11.6 Å². The van der Waals surface area contributed by atoms with Crippen molar-refractivity contribution in [2.45, 2.75) is 24.6 Å². The van der Waals surface area contributed by atoms with E-state index in [1.54, 1.807) is 0 Å². The maximum Gasteiger partial charge on any atom is 0.135 e. The van der Waals surface area contributed by atoms with Gasteiger partial charge in [0.1, 0.15) is 11.3 Å². The highest BCUT2D eigenvalue weighted by Crippen LogP contribution is 2.37. The summed E-state index contributed by atoms with van der Waals surface area (Å²) in [5, 5.41) is 2.53. The molecule has 0 spiro atoms. The van der Waals surface area contributed by atoms with Crippen molar-refractivity contribution in [3.8, 4) is 5.69 Å². The summed E-state index contributed by atoms with van der Waals surface area (Å²) < 4.78 is 8.47. The number of nitrogens with zero attached hydrogens (tertiary/aromatic N) is 1. The Hall–Kier alpha value is -2.71. The molecule has 2 aliphatic rings. The average Bonchev–Trinajstić information content (AvgIpc) is 3.23. The molecule has 0 saturated carbocycles. The highest BCUT2D eigenvalue weighted by atomic mass is 35.5. The van der Waals surface area contributed by atoms with Crippen molar-refractivity contribution in [2.24, 2.45) is 0 Å². The SMILES string of the molecule is ClC1C=Cc2oc3ccc(-n4c5c(c6ccccc64)C=CCC5)cc3c2C1. The molecule has 2 nitrogen and oxygen atoms in total. The number of aromatic nitrogens is 1. The molecule has 6 rings (SSSR count). The molecule has 2 heterocycles. The van der Waals surface area contributed by atoms with E-state index in [0.29, 0.717) is 0 Å². The molecule has 0 aliphatic heterocycles. The van der Waals surface area contributed by atoms with Gasteiger partial charge in [0.25, 0.3) is 0 Å². The van der Waals surface area contributed by atoms with Crippen LogP contribution in [0.4, 0.5) is 0 Å². The number of halogens is 1. The zero-order valence-electron chi connectivity index (χ0n) is 14.8. The van der Waals surface area contributed by atoms with Gasteiger partial charge in [0, 0.05) is 33.3 Å². The number of alkyl halides is 1. The van der Waals surface area contributed by atoms with E-state index in [1.165, 1.54) is 38.8 Å². The van der Waals surface area contributed by atoms with Crippen molar-refractivity contribution in [2.75, 3.05) is 0 Å². The summed E-state index contributed by atoms with van der Waals surface area (Å²) in [6.45, 7) is 0. The number of furan rings is 1. The summed E-state index contributed by atoms with van der Waals surface area (Å²) >= 11 is 6.37. The van der Waals surface area contributed by atoms with Gasteiger partial charge in [-0.05, 0) is 49.6 Å². The van der Waals surface area contributed by atoms with Gasteiger partial charge in [0.05, 0.1) is 10.9 Å². The van der Waals surface area contributed by atoms with Gasteiger partial charge in [-0.1, -0.05) is 36.4 Å². The van der Waals surface area contributed by atoms with E-state index >= 15 is 0 Å². The van der Waals surface area contributed by atoms with Crippen LogP contribution in [-0.2, 0) is 12.8 Å². The molecule has 2 aromatic heterocycles. The summed E-state index contributed by atoms with van der Waals surface area (Å²) in [5.41, 5.74) is 7.37. The fraction of sp³-hybridized carbons (Fsp3) is 0.167. The molecule has 0 fully saturated rings. The second kappa shape index (κ2) is 5.64. The minimum atomic E-state index is 0.0345. The fourth-order valence-corrected chi connectivity index (χ4v) is 4.79. The Morgan fingerprint density at radius 3 is 2.93 bits per heavy atom. The first-order valence-corrected chi connectivity index (χ1v) is 9.90. The van der Waals surface area contributed by atoms with E-state index in [-0.39, 0.29) is 5.38 Å². The second-order valence-electron chi connectivity index (χ2n) is 7.36. The van der Waals surface area contributed by atoms with Crippen molar-refractivity contribution in [3.05, 3.63) is 77.2 Å². The molecule has 132 valence electrons. The number of hydrogen-bond donors (Lipinski definition) is 0. The normalized spacial score (nSPS) is 18.2. The van der Waals surface area contributed by atoms with E-state index in [0.717, 1.165) is 30.6 Å². The minimum Gasteiger partial charge on any atom is -0.456 e. The number of hydrogen-bond acceptors (Lipinski definition) is 1. The molecular weight excluding hydrogens is 354 g/mol. The van der Waals surface area contributed by atoms with Crippen LogP contribution in [0.15, 0.2) is 59.0 Å². The molecular formula is C24H18ClNO. The molecule has 27 heavy (non-hydrogen) atoms. The predicted octanol–water partition coefficient (Wildman–Crippen LogP) is 6.51. The largest absolute Gasteiger partial charge is 0.456 e. The molecule has 0 bridgehead atoms. The monoisotopic (exact) mass is 371 g/mol. The lowest BCUT2D eigenvalue weighted by Gasteiger charge is -2.14.